The predicted octanol–water partition coefficient (Wildman–Crippen LogP) is 4.94. The molecule has 3 aromatic carbocycles. The minimum atomic E-state index is -1.34. The fourth-order valence-electron chi connectivity index (χ4n) is 6.02. The number of nitrogens with one attached hydrogen (secondary N) is 2. The Bertz CT molecular complexity index is 1690. The van der Waals surface area contributed by atoms with Gasteiger partial charge in [-0.2, -0.15) is 0 Å². The summed E-state index contributed by atoms with van der Waals surface area (Å²) in [5.41, 5.74) is 1.57. The number of esters is 2. The lowest BCUT2D eigenvalue weighted by Crippen LogP contribution is -2.44. The number of halogens is 1. The molecule has 11 nitrogen and oxygen atoms in total. The van der Waals surface area contributed by atoms with Crippen LogP contribution in [0.1, 0.15) is 67.9 Å². The van der Waals surface area contributed by atoms with E-state index in [4.69, 9.17) is 18.9 Å². The van der Waals surface area contributed by atoms with Crippen molar-refractivity contribution in [3.05, 3.63) is 117 Å². The third kappa shape index (κ3) is 9.82. The molecule has 4 atom stereocenters. The zero-order valence-corrected chi connectivity index (χ0v) is 31.0. The van der Waals surface area contributed by atoms with Crippen LogP contribution in [0.15, 0.2) is 96.6 Å². The molecular formula is C39H43IN2O9. The number of aliphatic hydroxyl groups excluding tert-OH is 1. The van der Waals surface area contributed by atoms with Crippen LogP contribution in [0.25, 0.3) is 0 Å². The number of rotatable bonds is 13. The molecule has 1 fully saturated rings. The van der Waals surface area contributed by atoms with Crippen LogP contribution in [0, 0.1) is 3.57 Å². The Balaban J connectivity index is 1.30. The first-order valence-corrected chi connectivity index (χ1v) is 18.0. The van der Waals surface area contributed by atoms with Crippen molar-refractivity contribution in [1.82, 2.24) is 10.6 Å². The number of ether oxygens (including phenoxy) is 4. The Morgan fingerprint density at radius 2 is 1.55 bits per heavy atom. The molecule has 0 radical (unpaired) electrons. The van der Waals surface area contributed by atoms with E-state index in [0.717, 1.165) is 14.7 Å². The zero-order valence-electron chi connectivity index (χ0n) is 28.8. The largest absolute Gasteiger partial charge is 0.460 e. The summed E-state index contributed by atoms with van der Waals surface area (Å²) in [4.78, 5) is 51.8. The number of fused-ring (bicyclic) bond motifs is 1. The van der Waals surface area contributed by atoms with Gasteiger partial charge in [-0.1, -0.05) is 72.8 Å². The number of hydrogen-bond donors (Lipinski definition) is 3. The Labute approximate surface area is 311 Å². The molecule has 0 bridgehead atoms. The van der Waals surface area contributed by atoms with Crippen LogP contribution >= 0.6 is 22.6 Å². The Morgan fingerprint density at radius 3 is 2.16 bits per heavy atom. The number of amides is 2. The van der Waals surface area contributed by atoms with Gasteiger partial charge in [0.1, 0.15) is 23.9 Å². The maximum absolute atomic E-state index is 13.6. The second-order valence-corrected chi connectivity index (χ2v) is 14.6. The molecule has 5 rings (SSSR count). The predicted molar refractivity (Wildman–Crippen MR) is 196 cm³/mol. The third-order valence-corrected chi connectivity index (χ3v) is 9.31. The monoisotopic (exact) mass is 810 g/mol. The van der Waals surface area contributed by atoms with Crippen molar-refractivity contribution >= 4 is 46.3 Å². The lowest BCUT2D eigenvalue weighted by molar-refractivity contribution is -0.157. The second-order valence-electron chi connectivity index (χ2n) is 13.4. The van der Waals surface area contributed by atoms with E-state index in [9.17, 15) is 24.3 Å². The molecule has 3 N–H and O–H groups in total. The summed E-state index contributed by atoms with van der Waals surface area (Å²) >= 11 is 2.08. The molecule has 0 aromatic heterocycles. The number of benzene rings is 3. The summed E-state index contributed by atoms with van der Waals surface area (Å²) in [7, 11) is 0. The van der Waals surface area contributed by atoms with Crippen LogP contribution in [0.4, 0.5) is 0 Å². The molecule has 12 heteroatoms. The second kappa shape index (κ2) is 16.9. The van der Waals surface area contributed by atoms with E-state index in [0.29, 0.717) is 11.1 Å². The molecular weight excluding hydrogens is 767 g/mol. The fourth-order valence-corrected chi connectivity index (χ4v) is 6.62. The molecule has 1 aliphatic heterocycles. The highest BCUT2D eigenvalue weighted by atomic mass is 127. The van der Waals surface area contributed by atoms with Gasteiger partial charge in [0.25, 0.3) is 0 Å². The normalized spacial score (nSPS) is 19.9. The van der Waals surface area contributed by atoms with Gasteiger partial charge in [0.2, 0.25) is 17.6 Å². The van der Waals surface area contributed by atoms with Gasteiger partial charge in [-0.25, -0.2) is 4.79 Å². The minimum absolute atomic E-state index is 0.00229. The van der Waals surface area contributed by atoms with Crippen molar-refractivity contribution in [2.24, 2.45) is 0 Å². The molecule has 2 aliphatic rings. The van der Waals surface area contributed by atoms with Crippen LogP contribution in [0.2, 0.25) is 0 Å². The van der Waals surface area contributed by atoms with Crippen molar-refractivity contribution in [3.63, 3.8) is 0 Å². The van der Waals surface area contributed by atoms with Gasteiger partial charge in [-0.05, 0) is 68.0 Å². The lowest BCUT2D eigenvalue weighted by Gasteiger charge is -2.31. The molecule has 1 heterocycles. The summed E-state index contributed by atoms with van der Waals surface area (Å²) in [6.07, 6.45) is -0.457. The van der Waals surface area contributed by atoms with Crippen LogP contribution < -0.4 is 10.6 Å². The topological polar surface area (TPSA) is 149 Å². The average Bonchev–Trinajstić information content (AvgIpc) is 3.51. The molecule has 0 spiro atoms. The number of hydrogen-bond acceptors (Lipinski definition) is 9. The first kappa shape index (κ1) is 38.1. The van der Waals surface area contributed by atoms with Gasteiger partial charge in [0, 0.05) is 46.1 Å². The van der Waals surface area contributed by atoms with Gasteiger partial charge in [0.05, 0.1) is 18.2 Å². The summed E-state index contributed by atoms with van der Waals surface area (Å²) in [5, 5.41) is 15.2. The van der Waals surface area contributed by atoms with E-state index in [1.807, 2.05) is 72.8 Å². The molecule has 270 valence electrons. The van der Waals surface area contributed by atoms with Gasteiger partial charge in [0.15, 0.2) is 0 Å². The summed E-state index contributed by atoms with van der Waals surface area (Å²) < 4.78 is 25.6. The van der Waals surface area contributed by atoms with E-state index in [2.05, 4.69) is 33.2 Å². The molecule has 51 heavy (non-hydrogen) atoms. The van der Waals surface area contributed by atoms with Crippen molar-refractivity contribution in [1.29, 1.82) is 0 Å². The number of aliphatic hydroxyl groups is 1. The molecule has 0 saturated carbocycles. The van der Waals surface area contributed by atoms with Crippen molar-refractivity contribution in [2.45, 2.75) is 82.2 Å². The minimum Gasteiger partial charge on any atom is -0.460 e. The van der Waals surface area contributed by atoms with Gasteiger partial charge in [-0.3, -0.25) is 14.4 Å². The Kier molecular flexibility index (Phi) is 12.7. The maximum Gasteiger partial charge on any atom is 0.339 e. The lowest BCUT2D eigenvalue weighted by atomic mass is 9.91. The van der Waals surface area contributed by atoms with Crippen LogP contribution in [-0.4, -0.2) is 72.0 Å². The first-order chi connectivity index (χ1) is 24.4. The maximum atomic E-state index is 13.6. The standard InChI is InChI=1S/C39H43IN2O9/c1-38(2,3)50-34(45)19-18-28(24-43)42-33(44)20-21-41-36(46)25-22-31(48-37(47)29-16-10-11-17-30(29)40)35-32(23-25)49-39(51-35,26-12-6-4-7-13-26)27-14-8-5-9-15-27/h4-17,23,28,31-32,35,43H,18-22,24H2,1-3H3,(H,41,46)(H,42,44)/t28-,31+,32+,35-/m0/s1. The van der Waals surface area contributed by atoms with Crippen LogP contribution in [0.3, 0.4) is 0 Å². The molecule has 1 saturated heterocycles. The molecule has 1 aliphatic carbocycles. The summed E-state index contributed by atoms with van der Waals surface area (Å²) in [6.45, 7) is 4.94. The highest BCUT2D eigenvalue weighted by Gasteiger charge is 2.55. The van der Waals surface area contributed by atoms with E-state index in [1.54, 1.807) is 39.0 Å². The fraction of sp³-hybridized carbons (Fsp3) is 0.385. The van der Waals surface area contributed by atoms with Crippen LogP contribution in [0.5, 0.6) is 0 Å². The SMILES string of the molecule is CC(C)(C)OC(=O)CC[C@@H](CO)NC(=O)CCNC(=O)C1=C[C@H]2OC(c3ccccc3)(c3ccccc3)O[C@H]2[C@H](OC(=O)c2ccccc2I)C1. The zero-order chi connectivity index (χ0) is 36.6. The van der Waals surface area contributed by atoms with E-state index in [-0.39, 0.29) is 38.8 Å². The van der Waals surface area contributed by atoms with Crippen molar-refractivity contribution in [3.8, 4) is 0 Å². The Morgan fingerprint density at radius 1 is 0.922 bits per heavy atom. The van der Waals surface area contributed by atoms with Gasteiger partial charge >= 0.3 is 11.9 Å². The molecule has 3 aromatic rings. The summed E-state index contributed by atoms with van der Waals surface area (Å²) in [6, 6.07) is 25.4. The average molecular weight is 811 g/mol. The molecule has 0 unspecified atom stereocenters. The molecule has 2 amide bonds. The van der Waals surface area contributed by atoms with E-state index in [1.165, 1.54) is 0 Å². The van der Waals surface area contributed by atoms with E-state index < -0.39 is 59.5 Å². The van der Waals surface area contributed by atoms with E-state index >= 15 is 0 Å². The third-order valence-electron chi connectivity index (χ3n) is 8.37. The quantitative estimate of drug-likeness (QED) is 0.161. The number of carbonyl (C=O) groups excluding carboxylic acids is 4. The first-order valence-electron chi connectivity index (χ1n) is 16.9. The van der Waals surface area contributed by atoms with Gasteiger partial charge < -0.3 is 34.7 Å². The van der Waals surface area contributed by atoms with Crippen molar-refractivity contribution < 1.29 is 43.2 Å². The van der Waals surface area contributed by atoms with Crippen molar-refractivity contribution in [2.75, 3.05) is 13.2 Å². The summed E-state index contributed by atoms with van der Waals surface area (Å²) in [5.74, 6) is -3.15. The van der Waals surface area contributed by atoms with Crippen LogP contribution in [-0.2, 0) is 39.1 Å². The smallest absolute Gasteiger partial charge is 0.339 e. The van der Waals surface area contributed by atoms with Gasteiger partial charge in [-0.15, -0.1) is 0 Å². The Hall–Kier alpha value is -4.11. The highest BCUT2D eigenvalue weighted by Crippen LogP contribution is 2.47. The number of carbonyl (C=O) groups is 4. The highest BCUT2D eigenvalue weighted by molar-refractivity contribution is 14.1.